The average Bonchev–Trinajstić information content (AvgIpc) is 3.18. The number of hydrogen-bond acceptors (Lipinski definition) is 1. The molecule has 0 N–H and O–H groups in total. The summed E-state index contributed by atoms with van der Waals surface area (Å²) in [7, 11) is 0. The molecule has 0 amide bonds. The molecule has 3 aromatic rings. The number of benzene rings is 2. The van der Waals surface area contributed by atoms with Crippen LogP contribution in [0.25, 0.3) is 11.1 Å². The van der Waals surface area contributed by atoms with Crippen molar-refractivity contribution >= 4 is 0 Å². The van der Waals surface area contributed by atoms with Gasteiger partial charge in [0.05, 0.1) is 12.4 Å². The molecular weight excluding hydrogens is 268 g/mol. The van der Waals surface area contributed by atoms with Crippen LogP contribution in [0, 0.1) is 0 Å². The number of imidazole rings is 1. The molecular formula is C20H18N2. The fraction of sp³-hybridized carbons (Fsp3) is 0.250. The van der Waals surface area contributed by atoms with Crippen LogP contribution in [0.5, 0.6) is 0 Å². The van der Waals surface area contributed by atoms with Gasteiger partial charge >= 0.3 is 0 Å². The predicted octanol–water partition coefficient (Wildman–Crippen LogP) is 4.38. The molecule has 1 aliphatic carbocycles. The molecule has 108 valence electrons. The monoisotopic (exact) mass is 286 g/mol. The molecule has 2 aromatic carbocycles. The largest absolute Gasteiger partial charge is 0.327 e. The van der Waals surface area contributed by atoms with E-state index in [0.29, 0.717) is 6.04 Å². The van der Waals surface area contributed by atoms with Crippen LogP contribution >= 0.6 is 0 Å². The Bertz CT molecular complexity index is 860. The van der Waals surface area contributed by atoms with Gasteiger partial charge in [-0.2, -0.15) is 0 Å². The van der Waals surface area contributed by atoms with E-state index in [-0.39, 0.29) is 0 Å². The van der Waals surface area contributed by atoms with E-state index in [4.69, 9.17) is 0 Å². The van der Waals surface area contributed by atoms with E-state index in [1.165, 1.54) is 46.4 Å². The van der Waals surface area contributed by atoms with Crippen LogP contribution in [0.4, 0.5) is 0 Å². The highest BCUT2D eigenvalue weighted by Gasteiger charge is 2.24. The summed E-state index contributed by atoms with van der Waals surface area (Å²) in [6.45, 7) is 0. The zero-order chi connectivity index (χ0) is 14.5. The van der Waals surface area contributed by atoms with Gasteiger partial charge in [-0.15, -0.1) is 0 Å². The zero-order valence-electron chi connectivity index (χ0n) is 12.5. The Balaban J connectivity index is 1.59. The first-order chi connectivity index (χ1) is 10.9. The summed E-state index contributed by atoms with van der Waals surface area (Å²) >= 11 is 0. The van der Waals surface area contributed by atoms with Crippen LogP contribution in [0.1, 0.15) is 41.3 Å². The molecule has 1 unspecified atom stereocenters. The third-order valence-corrected chi connectivity index (χ3v) is 5.20. The van der Waals surface area contributed by atoms with Crippen molar-refractivity contribution < 1.29 is 0 Å². The molecule has 0 fully saturated rings. The van der Waals surface area contributed by atoms with Gasteiger partial charge in [-0.25, -0.2) is 4.98 Å². The van der Waals surface area contributed by atoms with E-state index >= 15 is 0 Å². The highest BCUT2D eigenvalue weighted by Crippen LogP contribution is 2.39. The summed E-state index contributed by atoms with van der Waals surface area (Å²) in [5, 5.41) is 0. The summed E-state index contributed by atoms with van der Waals surface area (Å²) < 4.78 is 2.37. The van der Waals surface area contributed by atoms with E-state index in [1.54, 1.807) is 0 Å². The van der Waals surface area contributed by atoms with Gasteiger partial charge < -0.3 is 4.57 Å². The lowest BCUT2D eigenvalue weighted by molar-refractivity contribution is 0.457. The first-order valence-electron chi connectivity index (χ1n) is 8.12. The average molecular weight is 286 g/mol. The second-order valence-corrected chi connectivity index (χ2v) is 6.45. The van der Waals surface area contributed by atoms with Crippen LogP contribution in [-0.2, 0) is 12.8 Å². The summed E-state index contributed by atoms with van der Waals surface area (Å²) in [5.41, 5.74) is 8.58. The quantitative estimate of drug-likeness (QED) is 0.508. The van der Waals surface area contributed by atoms with Crippen molar-refractivity contribution in [3.63, 3.8) is 0 Å². The van der Waals surface area contributed by atoms with Crippen LogP contribution in [0.2, 0.25) is 0 Å². The molecule has 2 heterocycles. The molecule has 2 nitrogen and oxygen atoms in total. The van der Waals surface area contributed by atoms with E-state index in [1.807, 2.05) is 12.5 Å². The highest BCUT2D eigenvalue weighted by molar-refractivity contribution is 5.77. The molecule has 0 spiro atoms. The highest BCUT2D eigenvalue weighted by atomic mass is 15.1. The van der Waals surface area contributed by atoms with Gasteiger partial charge in [-0.05, 0) is 53.5 Å². The molecule has 22 heavy (non-hydrogen) atoms. The maximum Gasteiger partial charge on any atom is 0.0953 e. The van der Waals surface area contributed by atoms with E-state index in [0.717, 1.165) is 12.8 Å². The Hall–Kier alpha value is -2.35. The minimum Gasteiger partial charge on any atom is -0.327 e. The molecule has 0 radical (unpaired) electrons. The number of aryl methyl sites for hydroxylation is 1. The maximum atomic E-state index is 4.35. The van der Waals surface area contributed by atoms with Crippen molar-refractivity contribution in [1.82, 2.24) is 9.55 Å². The van der Waals surface area contributed by atoms with Gasteiger partial charge in [0.1, 0.15) is 0 Å². The summed E-state index contributed by atoms with van der Waals surface area (Å²) in [5.74, 6) is 0. The summed E-state index contributed by atoms with van der Waals surface area (Å²) in [6, 6.07) is 16.3. The lowest BCUT2D eigenvalue weighted by Gasteiger charge is -2.26. The van der Waals surface area contributed by atoms with Gasteiger partial charge in [0, 0.05) is 11.9 Å². The Labute approximate surface area is 130 Å². The first kappa shape index (κ1) is 12.2. The standard InChI is InChI=1S/C20H18N2/c1-2-6-18-14(4-1)10-16-11-15(8-9-19(16)18)20-7-3-5-17-12-21-13-22(17)20/h1-2,4,6,8-9,11-13,20H,3,5,7,10H2. The number of aromatic nitrogens is 2. The lowest BCUT2D eigenvalue weighted by Crippen LogP contribution is -2.17. The van der Waals surface area contributed by atoms with Gasteiger partial charge in [-0.3, -0.25) is 0 Å². The van der Waals surface area contributed by atoms with Crippen molar-refractivity contribution in [2.75, 3.05) is 0 Å². The molecule has 5 rings (SSSR count). The van der Waals surface area contributed by atoms with Crippen molar-refractivity contribution in [2.45, 2.75) is 31.7 Å². The van der Waals surface area contributed by atoms with E-state index in [2.05, 4.69) is 52.0 Å². The van der Waals surface area contributed by atoms with Crippen LogP contribution in [-0.4, -0.2) is 9.55 Å². The van der Waals surface area contributed by atoms with Crippen LogP contribution in [0.15, 0.2) is 55.0 Å². The second-order valence-electron chi connectivity index (χ2n) is 6.45. The number of fused-ring (bicyclic) bond motifs is 4. The van der Waals surface area contributed by atoms with Gasteiger partial charge in [0.15, 0.2) is 0 Å². The molecule has 0 saturated carbocycles. The molecule has 2 aliphatic rings. The minimum atomic E-state index is 0.459. The third kappa shape index (κ3) is 1.70. The number of rotatable bonds is 1. The summed E-state index contributed by atoms with van der Waals surface area (Å²) in [6.07, 6.45) is 8.73. The molecule has 1 aromatic heterocycles. The Kier molecular flexibility index (Phi) is 2.54. The number of nitrogens with zero attached hydrogens (tertiary/aromatic N) is 2. The van der Waals surface area contributed by atoms with Crippen molar-refractivity contribution in [1.29, 1.82) is 0 Å². The first-order valence-corrected chi connectivity index (χ1v) is 8.12. The van der Waals surface area contributed by atoms with Crippen LogP contribution in [0.3, 0.4) is 0 Å². The number of hydrogen-bond donors (Lipinski definition) is 0. The Morgan fingerprint density at radius 1 is 1.00 bits per heavy atom. The predicted molar refractivity (Wildman–Crippen MR) is 88.0 cm³/mol. The Morgan fingerprint density at radius 3 is 2.91 bits per heavy atom. The van der Waals surface area contributed by atoms with Crippen molar-refractivity contribution in [3.8, 4) is 11.1 Å². The zero-order valence-corrected chi connectivity index (χ0v) is 12.5. The molecule has 2 heteroatoms. The second kappa shape index (κ2) is 4.57. The third-order valence-electron chi connectivity index (χ3n) is 5.20. The molecule has 1 aliphatic heterocycles. The Morgan fingerprint density at radius 2 is 1.91 bits per heavy atom. The van der Waals surface area contributed by atoms with E-state index in [9.17, 15) is 0 Å². The smallest absolute Gasteiger partial charge is 0.0953 e. The lowest BCUT2D eigenvalue weighted by atomic mass is 9.93. The van der Waals surface area contributed by atoms with E-state index < -0.39 is 0 Å². The minimum absolute atomic E-state index is 0.459. The molecule has 1 atom stereocenters. The molecule has 0 saturated heterocycles. The van der Waals surface area contributed by atoms with Gasteiger partial charge in [-0.1, -0.05) is 42.5 Å². The molecule has 0 bridgehead atoms. The fourth-order valence-corrected chi connectivity index (χ4v) is 4.12. The van der Waals surface area contributed by atoms with Crippen LogP contribution < -0.4 is 0 Å². The SMILES string of the molecule is c1ccc2c(c1)Cc1cc(C3CCCc4cncn43)ccc1-2. The fourth-order valence-electron chi connectivity index (χ4n) is 4.12. The maximum absolute atomic E-state index is 4.35. The van der Waals surface area contributed by atoms with Gasteiger partial charge in [0.25, 0.3) is 0 Å². The van der Waals surface area contributed by atoms with Crippen molar-refractivity contribution in [3.05, 3.63) is 77.4 Å². The topological polar surface area (TPSA) is 17.8 Å². The summed E-state index contributed by atoms with van der Waals surface area (Å²) in [4.78, 5) is 4.35. The van der Waals surface area contributed by atoms with Gasteiger partial charge in [0.2, 0.25) is 0 Å². The normalized spacial score (nSPS) is 18.6. The van der Waals surface area contributed by atoms with Crippen molar-refractivity contribution in [2.24, 2.45) is 0 Å².